The average Bonchev–Trinajstić information content (AvgIpc) is 1.93. The van der Waals surface area contributed by atoms with Crippen LogP contribution in [0.2, 0.25) is 0 Å². The molecule has 0 amide bonds. The standard InChI is InChI=1S/C5H8N4O6S2/c6-5-8-3(1-16(10,11)12)7-4(9-5)2-17(13,14)15/h1-2H2,(H,10,11,12)(H,13,14,15)(H2,6,7,8,9). The van der Waals surface area contributed by atoms with E-state index in [1.165, 1.54) is 0 Å². The van der Waals surface area contributed by atoms with E-state index in [4.69, 9.17) is 14.8 Å². The second-order valence-electron chi connectivity index (χ2n) is 2.98. The van der Waals surface area contributed by atoms with Gasteiger partial charge in [0.15, 0.2) is 11.6 Å². The molecule has 0 aliphatic heterocycles. The first-order valence-corrected chi connectivity index (χ1v) is 7.16. The molecule has 0 fully saturated rings. The SMILES string of the molecule is Nc1nc(CS(=O)(=O)O)nc(CS(=O)(=O)O)n1. The van der Waals surface area contributed by atoms with Gasteiger partial charge in [-0.2, -0.15) is 26.8 Å². The molecule has 0 radical (unpaired) electrons. The van der Waals surface area contributed by atoms with Crippen LogP contribution in [0.1, 0.15) is 11.6 Å². The molecule has 1 rings (SSSR count). The van der Waals surface area contributed by atoms with E-state index >= 15 is 0 Å². The Morgan fingerprint density at radius 2 is 1.24 bits per heavy atom. The van der Waals surface area contributed by atoms with Gasteiger partial charge in [-0.25, -0.2) is 4.98 Å². The van der Waals surface area contributed by atoms with Gasteiger partial charge in [0.1, 0.15) is 11.5 Å². The number of nitrogens with two attached hydrogens (primary N) is 1. The van der Waals surface area contributed by atoms with E-state index in [1.54, 1.807) is 0 Å². The van der Waals surface area contributed by atoms with Crippen molar-refractivity contribution < 1.29 is 25.9 Å². The number of aromatic nitrogens is 3. The third kappa shape index (κ3) is 5.48. The number of anilines is 1. The Hall–Kier alpha value is -1.37. The van der Waals surface area contributed by atoms with E-state index in [1.807, 2.05) is 0 Å². The van der Waals surface area contributed by atoms with E-state index in [-0.39, 0.29) is 0 Å². The van der Waals surface area contributed by atoms with Gasteiger partial charge >= 0.3 is 0 Å². The molecular weight excluding hydrogens is 276 g/mol. The Morgan fingerprint density at radius 3 is 1.53 bits per heavy atom. The van der Waals surface area contributed by atoms with Gasteiger partial charge in [-0.15, -0.1) is 0 Å². The highest BCUT2D eigenvalue weighted by Gasteiger charge is 2.15. The normalized spacial score (nSPS) is 12.6. The summed E-state index contributed by atoms with van der Waals surface area (Å²) in [5.41, 5.74) is 5.18. The van der Waals surface area contributed by atoms with Crippen LogP contribution in [0, 0.1) is 0 Å². The largest absolute Gasteiger partial charge is 0.368 e. The average molecular weight is 284 g/mol. The highest BCUT2D eigenvalue weighted by atomic mass is 32.2. The van der Waals surface area contributed by atoms with Crippen LogP contribution in [0.25, 0.3) is 0 Å². The van der Waals surface area contributed by atoms with E-state index in [0.29, 0.717) is 0 Å². The molecule has 0 bridgehead atoms. The summed E-state index contributed by atoms with van der Waals surface area (Å²) in [5, 5.41) is 0. The molecule has 1 aromatic rings. The Balaban J connectivity index is 3.11. The van der Waals surface area contributed by atoms with Crippen LogP contribution in [0.4, 0.5) is 5.95 Å². The van der Waals surface area contributed by atoms with Crippen molar-refractivity contribution in [3.63, 3.8) is 0 Å². The minimum atomic E-state index is -4.37. The van der Waals surface area contributed by atoms with Gasteiger partial charge in [0.05, 0.1) is 0 Å². The molecule has 12 heteroatoms. The van der Waals surface area contributed by atoms with Crippen LogP contribution in [-0.2, 0) is 31.7 Å². The maximum absolute atomic E-state index is 10.6. The zero-order valence-corrected chi connectivity index (χ0v) is 9.81. The highest BCUT2D eigenvalue weighted by molar-refractivity contribution is 7.85. The number of rotatable bonds is 4. The van der Waals surface area contributed by atoms with E-state index in [0.717, 1.165) is 0 Å². The van der Waals surface area contributed by atoms with Crippen molar-refractivity contribution in [3.05, 3.63) is 11.6 Å². The highest BCUT2D eigenvalue weighted by Crippen LogP contribution is 2.04. The van der Waals surface area contributed by atoms with Gasteiger partial charge in [0.2, 0.25) is 5.95 Å². The van der Waals surface area contributed by atoms with E-state index in [9.17, 15) is 16.8 Å². The second-order valence-corrected chi connectivity index (χ2v) is 5.88. The summed E-state index contributed by atoms with van der Waals surface area (Å²) >= 11 is 0. The molecule has 1 aromatic heterocycles. The summed E-state index contributed by atoms with van der Waals surface area (Å²) in [6, 6.07) is 0. The Bertz CT molecular complexity index is 572. The van der Waals surface area contributed by atoms with Crippen LogP contribution in [-0.4, -0.2) is 40.9 Å². The molecule has 96 valence electrons. The predicted molar refractivity (Wildman–Crippen MR) is 54.7 cm³/mol. The molecular formula is C5H8N4O6S2. The van der Waals surface area contributed by atoms with Gasteiger partial charge in [0.25, 0.3) is 20.2 Å². The fourth-order valence-electron chi connectivity index (χ4n) is 0.944. The lowest BCUT2D eigenvalue weighted by molar-refractivity contribution is 0.480. The molecule has 0 saturated carbocycles. The summed E-state index contributed by atoms with van der Waals surface area (Å²) in [6.07, 6.45) is 0. The van der Waals surface area contributed by atoms with Crippen molar-refractivity contribution in [3.8, 4) is 0 Å². The van der Waals surface area contributed by atoms with Crippen LogP contribution >= 0.6 is 0 Å². The third-order valence-electron chi connectivity index (χ3n) is 1.37. The minimum absolute atomic E-state index is 0.418. The van der Waals surface area contributed by atoms with Crippen LogP contribution in [0.15, 0.2) is 0 Å². The molecule has 0 saturated heterocycles. The summed E-state index contributed by atoms with van der Waals surface area (Å²) in [5.74, 6) is -3.12. The number of nitrogen functional groups attached to an aromatic ring is 1. The summed E-state index contributed by atoms with van der Waals surface area (Å²) in [7, 11) is -8.75. The van der Waals surface area contributed by atoms with E-state index in [2.05, 4.69) is 15.0 Å². The van der Waals surface area contributed by atoms with Gasteiger partial charge in [-0.1, -0.05) is 0 Å². The van der Waals surface area contributed by atoms with Gasteiger partial charge in [-0.05, 0) is 0 Å². The lowest BCUT2D eigenvalue weighted by Crippen LogP contribution is -2.14. The fraction of sp³-hybridized carbons (Fsp3) is 0.400. The Labute approximate surface area is 96.4 Å². The molecule has 0 aliphatic carbocycles. The lowest BCUT2D eigenvalue weighted by Gasteiger charge is -2.02. The molecule has 10 nitrogen and oxygen atoms in total. The predicted octanol–water partition coefficient (Wildman–Crippen LogP) is -1.77. The topological polar surface area (TPSA) is 173 Å². The zero-order valence-electron chi connectivity index (χ0n) is 8.18. The maximum Gasteiger partial charge on any atom is 0.272 e. The van der Waals surface area contributed by atoms with Crippen LogP contribution in [0.3, 0.4) is 0 Å². The molecule has 0 aliphatic rings. The zero-order chi connectivity index (χ0) is 13.3. The molecule has 0 spiro atoms. The summed E-state index contributed by atoms with van der Waals surface area (Å²) < 4.78 is 59.3. The fourth-order valence-corrected chi connectivity index (χ4v) is 1.85. The van der Waals surface area contributed by atoms with Crippen molar-refractivity contribution in [2.24, 2.45) is 0 Å². The molecule has 4 N–H and O–H groups in total. The first kappa shape index (κ1) is 13.7. The smallest absolute Gasteiger partial charge is 0.272 e. The van der Waals surface area contributed by atoms with Crippen molar-refractivity contribution in [2.45, 2.75) is 11.5 Å². The van der Waals surface area contributed by atoms with Crippen molar-refractivity contribution in [2.75, 3.05) is 5.73 Å². The first-order valence-electron chi connectivity index (χ1n) is 3.95. The third-order valence-corrected chi connectivity index (χ3v) is 2.61. The Morgan fingerprint density at radius 1 is 0.882 bits per heavy atom. The number of nitrogens with zero attached hydrogens (tertiary/aromatic N) is 3. The van der Waals surface area contributed by atoms with Gasteiger partial charge < -0.3 is 5.73 Å². The van der Waals surface area contributed by atoms with E-state index < -0.39 is 49.3 Å². The summed E-state index contributed by atoms with van der Waals surface area (Å²) in [6.45, 7) is 0. The quantitative estimate of drug-likeness (QED) is 0.536. The van der Waals surface area contributed by atoms with Gasteiger partial charge in [-0.3, -0.25) is 9.11 Å². The molecule has 0 unspecified atom stereocenters. The monoisotopic (exact) mass is 284 g/mol. The van der Waals surface area contributed by atoms with Crippen molar-refractivity contribution in [1.82, 2.24) is 15.0 Å². The van der Waals surface area contributed by atoms with Crippen molar-refractivity contribution in [1.29, 1.82) is 0 Å². The molecule has 17 heavy (non-hydrogen) atoms. The molecule has 0 aromatic carbocycles. The number of hydrogen-bond acceptors (Lipinski definition) is 8. The number of hydrogen-bond donors (Lipinski definition) is 3. The maximum atomic E-state index is 10.6. The van der Waals surface area contributed by atoms with Crippen LogP contribution < -0.4 is 5.73 Å². The lowest BCUT2D eigenvalue weighted by atomic mass is 10.6. The summed E-state index contributed by atoms with van der Waals surface area (Å²) in [4.78, 5) is 10.2. The second kappa shape index (κ2) is 4.48. The van der Waals surface area contributed by atoms with Crippen molar-refractivity contribution >= 4 is 26.2 Å². The first-order chi connectivity index (χ1) is 7.55. The molecule has 1 heterocycles. The Kier molecular flexibility index (Phi) is 3.61. The minimum Gasteiger partial charge on any atom is -0.368 e. The van der Waals surface area contributed by atoms with Gasteiger partial charge in [0, 0.05) is 0 Å². The van der Waals surface area contributed by atoms with Crippen LogP contribution in [0.5, 0.6) is 0 Å². The molecule has 0 atom stereocenters.